The highest BCUT2D eigenvalue weighted by Crippen LogP contribution is 2.27. The summed E-state index contributed by atoms with van der Waals surface area (Å²) < 4.78 is 29.5. The summed E-state index contributed by atoms with van der Waals surface area (Å²) >= 11 is 12.4. The van der Waals surface area contributed by atoms with Crippen LogP contribution in [0.4, 0.5) is 5.69 Å². The van der Waals surface area contributed by atoms with E-state index >= 15 is 0 Å². The van der Waals surface area contributed by atoms with Crippen LogP contribution in [-0.2, 0) is 32.6 Å². The topological polar surface area (TPSA) is 86.8 Å². The number of rotatable bonds is 12. The van der Waals surface area contributed by atoms with Crippen LogP contribution in [0.25, 0.3) is 0 Å². The lowest BCUT2D eigenvalue weighted by molar-refractivity contribution is -0.140. The number of halogens is 2. The van der Waals surface area contributed by atoms with E-state index in [4.69, 9.17) is 23.2 Å². The molecule has 7 nitrogen and oxygen atoms in total. The Labute approximate surface area is 287 Å². The highest BCUT2D eigenvalue weighted by Gasteiger charge is 2.35. The summed E-state index contributed by atoms with van der Waals surface area (Å²) in [6, 6.07) is 28.6. The van der Waals surface area contributed by atoms with Crippen LogP contribution in [0, 0.1) is 6.92 Å². The van der Waals surface area contributed by atoms with Crippen molar-refractivity contribution in [3.05, 3.63) is 130 Å². The lowest BCUT2D eigenvalue weighted by Crippen LogP contribution is -2.55. The molecule has 0 unspecified atom stereocenters. The minimum absolute atomic E-state index is 0.00604. The summed E-state index contributed by atoms with van der Waals surface area (Å²) in [4.78, 5) is 30.3. The molecule has 1 saturated carbocycles. The zero-order chi connectivity index (χ0) is 33.4. The van der Waals surface area contributed by atoms with Crippen molar-refractivity contribution in [3.8, 4) is 0 Å². The number of hydrogen-bond acceptors (Lipinski definition) is 4. The molecule has 1 aliphatic carbocycles. The molecule has 10 heteroatoms. The monoisotopic (exact) mass is 691 g/mol. The van der Waals surface area contributed by atoms with Gasteiger partial charge in [-0.3, -0.25) is 13.9 Å². The van der Waals surface area contributed by atoms with Crippen LogP contribution in [0.5, 0.6) is 0 Å². The average Bonchev–Trinajstić information content (AvgIpc) is 3.06. The maximum atomic E-state index is 14.6. The van der Waals surface area contributed by atoms with Crippen molar-refractivity contribution in [1.82, 2.24) is 10.2 Å². The van der Waals surface area contributed by atoms with E-state index in [-0.39, 0.29) is 29.8 Å². The first-order chi connectivity index (χ1) is 22.6. The van der Waals surface area contributed by atoms with Gasteiger partial charge in [0.25, 0.3) is 10.0 Å². The van der Waals surface area contributed by atoms with Crippen molar-refractivity contribution >= 4 is 50.7 Å². The second-order valence-electron chi connectivity index (χ2n) is 12.0. The summed E-state index contributed by atoms with van der Waals surface area (Å²) in [5.41, 5.74) is 2.76. The van der Waals surface area contributed by atoms with Gasteiger partial charge >= 0.3 is 0 Å². The molecule has 0 aliphatic heterocycles. The Morgan fingerprint density at radius 3 is 2.17 bits per heavy atom. The molecular weight excluding hydrogens is 653 g/mol. The van der Waals surface area contributed by atoms with Crippen molar-refractivity contribution in [1.29, 1.82) is 0 Å². The van der Waals surface area contributed by atoms with Gasteiger partial charge < -0.3 is 10.2 Å². The molecule has 4 aromatic carbocycles. The Balaban J connectivity index is 1.56. The van der Waals surface area contributed by atoms with Gasteiger partial charge in [0.1, 0.15) is 12.6 Å². The molecular formula is C37H39Cl2N3O4S. The molecule has 4 aromatic rings. The average molecular weight is 693 g/mol. The van der Waals surface area contributed by atoms with E-state index < -0.39 is 28.5 Å². The molecule has 0 spiro atoms. The van der Waals surface area contributed by atoms with Gasteiger partial charge in [0.2, 0.25) is 11.8 Å². The summed E-state index contributed by atoms with van der Waals surface area (Å²) in [6.07, 6.45) is 5.22. The van der Waals surface area contributed by atoms with E-state index in [1.54, 1.807) is 36.4 Å². The van der Waals surface area contributed by atoms with Gasteiger partial charge in [-0.1, -0.05) is 97.1 Å². The van der Waals surface area contributed by atoms with Crippen molar-refractivity contribution in [3.63, 3.8) is 0 Å². The molecule has 246 valence electrons. The standard InChI is InChI=1S/C37H39Cl2N3O4S/c1-27-10-8-17-33(22-27)42(47(45,46)34-20-18-30(38)19-21-34)26-36(43)41(25-29-13-9-14-31(39)23-29)35(24-28-11-4-2-5-12-28)37(44)40-32-15-6-3-7-16-32/h2,4-5,8-14,17-23,32,35H,3,6-7,15-16,24-26H2,1H3,(H,40,44)/t35-/m0/s1. The second kappa shape index (κ2) is 15.8. The molecule has 1 atom stereocenters. The predicted octanol–water partition coefficient (Wildman–Crippen LogP) is 7.59. The summed E-state index contributed by atoms with van der Waals surface area (Å²) in [7, 11) is -4.22. The van der Waals surface area contributed by atoms with Crippen molar-refractivity contribution in [2.45, 2.75) is 69.0 Å². The maximum absolute atomic E-state index is 14.6. The zero-order valence-electron chi connectivity index (χ0n) is 26.3. The summed E-state index contributed by atoms with van der Waals surface area (Å²) in [5, 5.41) is 4.11. The Morgan fingerprint density at radius 1 is 0.809 bits per heavy atom. The van der Waals surface area contributed by atoms with Gasteiger partial charge in [0, 0.05) is 29.1 Å². The summed E-state index contributed by atoms with van der Waals surface area (Å²) in [6.45, 7) is 1.38. The van der Waals surface area contributed by atoms with Gasteiger partial charge in [-0.25, -0.2) is 8.42 Å². The number of sulfonamides is 1. The number of carbonyl (C=O) groups excluding carboxylic acids is 2. The predicted molar refractivity (Wildman–Crippen MR) is 188 cm³/mol. The molecule has 0 radical (unpaired) electrons. The van der Waals surface area contributed by atoms with Crippen LogP contribution in [0.1, 0.15) is 48.8 Å². The number of benzene rings is 4. The van der Waals surface area contributed by atoms with E-state index in [2.05, 4.69) is 5.32 Å². The van der Waals surface area contributed by atoms with E-state index in [9.17, 15) is 18.0 Å². The first-order valence-electron chi connectivity index (χ1n) is 15.8. The molecule has 5 rings (SSSR count). The molecule has 0 heterocycles. The number of hydrogen-bond donors (Lipinski definition) is 1. The fourth-order valence-electron chi connectivity index (χ4n) is 5.98. The van der Waals surface area contributed by atoms with Crippen LogP contribution < -0.4 is 9.62 Å². The van der Waals surface area contributed by atoms with Crippen LogP contribution in [0.3, 0.4) is 0 Å². The summed E-state index contributed by atoms with van der Waals surface area (Å²) in [5.74, 6) is -0.789. The maximum Gasteiger partial charge on any atom is 0.264 e. The molecule has 1 aliphatic rings. The molecule has 1 fully saturated rings. The molecule has 0 aromatic heterocycles. The number of anilines is 1. The minimum atomic E-state index is -4.22. The van der Waals surface area contributed by atoms with Gasteiger partial charge in [-0.15, -0.1) is 0 Å². The van der Waals surface area contributed by atoms with Gasteiger partial charge in [0.15, 0.2) is 0 Å². The van der Waals surface area contributed by atoms with E-state index in [0.29, 0.717) is 15.7 Å². The molecule has 2 amide bonds. The fraction of sp³-hybridized carbons (Fsp3) is 0.297. The Morgan fingerprint density at radius 2 is 1.49 bits per heavy atom. The van der Waals surface area contributed by atoms with E-state index in [1.807, 2.05) is 49.4 Å². The smallest absolute Gasteiger partial charge is 0.264 e. The zero-order valence-corrected chi connectivity index (χ0v) is 28.6. The quantitative estimate of drug-likeness (QED) is 0.166. The fourth-order valence-corrected chi connectivity index (χ4v) is 7.72. The van der Waals surface area contributed by atoms with E-state index in [1.165, 1.54) is 29.2 Å². The molecule has 0 bridgehead atoms. The SMILES string of the molecule is Cc1cccc(N(CC(=O)N(Cc2cccc(Cl)c2)[C@@H](Cc2ccccc2)C(=O)NC2CCCCC2)S(=O)(=O)c2ccc(Cl)cc2)c1. The number of nitrogens with zero attached hydrogens (tertiary/aromatic N) is 2. The van der Waals surface area contributed by atoms with Gasteiger partial charge in [-0.2, -0.15) is 0 Å². The van der Waals surface area contributed by atoms with Crippen molar-refractivity contribution in [2.75, 3.05) is 10.8 Å². The third-order valence-electron chi connectivity index (χ3n) is 8.43. The number of nitrogens with one attached hydrogen (secondary N) is 1. The molecule has 47 heavy (non-hydrogen) atoms. The van der Waals surface area contributed by atoms with Crippen LogP contribution in [0.15, 0.2) is 108 Å². The van der Waals surface area contributed by atoms with Gasteiger partial charge in [0.05, 0.1) is 10.6 Å². The minimum Gasteiger partial charge on any atom is -0.352 e. The van der Waals surface area contributed by atoms with Crippen LogP contribution in [-0.4, -0.2) is 43.8 Å². The van der Waals surface area contributed by atoms with Crippen LogP contribution >= 0.6 is 23.2 Å². The second-order valence-corrected chi connectivity index (χ2v) is 14.7. The molecule has 0 saturated heterocycles. The van der Waals surface area contributed by atoms with E-state index in [0.717, 1.165) is 53.1 Å². The van der Waals surface area contributed by atoms with Crippen molar-refractivity contribution < 1.29 is 18.0 Å². The number of carbonyl (C=O) groups is 2. The van der Waals surface area contributed by atoms with Crippen molar-refractivity contribution in [2.24, 2.45) is 0 Å². The number of aryl methyl sites for hydroxylation is 1. The van der Waals surface area contributed by atoms with Gasteiger partial charge in [-0.05, 0) is 85.0 Å². The first-order valence-corrected chi connectivity index (χ1v) is 18.0. The lowest BCUT2D eigenvalue weighted by Gasteiger charge is -2.35. The largest absolute Gasteiger partial charge is 0.352 e. The Kier molecular flexibility index (Phi) is 11.6. The first kappa shape index (κ1) is 34.5. The highest BCUT2D eigenvalue weighted by atomic mass is 35.5. The number of amides is 2. The Hall–Kier alpha value is -3.85. The third-order valence-corrected chi connectivity index (χ3v) is 10.7. The van der Waals surface area contributed by atoms with Crippen LogP contribution in [0.2, 0.25) is 10.0 Å². The lowest BCUT2D eigenvalue weighted by atomic mass is 9.94. The normalized spacial score (nSPS) is 14.3. The highest BCUT2D eigenvalue weighted by molar-refractivity contribution is 7.92. The Bertz CT molecular complexity index is 1780. The third kappa shape index (κ3) is 9.15. The molecule has 1 N–H and O–H groups in total.